The SMILES string of the molecule is CC(C)C1(Cn2cncc2CCl)CC1. The molecule has 1 aliphatic rings. The Hall–Kier alpha value is -0.500. The fourth-order valence-electron chi connectivity index (χ4n) is 2.02. The zero-order valence-corrected chi connectivity index (χ0v) is 9.59. The van der Waals surface area contributed by atoms with E-state index in [1.165, 1.54) is 12.8 Å². The fraction of sp³-hybridized carbons (Fsp3) is 0.727. The third kappa shape index (κ3) is 1.68. The molecule has 2 rings (SSSR count). The highest BCUT2D eigenvalue weighted by atomic mass is 35.5. The molecule has 3 heteroatoms. The minimum Gasteiger partial charge on any atom is -0.333 e. The second-order valence-electron chi connectivity index (χ2n) is 4.66. The summed E-state index contributed by atoms with van der Waals surface area (Å²) in [6.07, 6.45) is 6.47. The molecular formula is C11H17ClN2. The van der Waals surface area contributed by atoms with Gasteiger partial charge in [-0.2, -0.15) is 0 Å². The molecule has 0 bridgehead atoms. The maximum atomic E-state index is 5.84. The molecule has 0 unspecified atom stereocenters. The standard InChI is InChI=1S/C11H17ClN2/c1-9(2)11(3-4-11)7-14-8-13-6-10(14)5-12/h6,8-9H,3-5,7H2,1-2H3. The van der Waals surface area contributed by atoms with Crippen molar-refractivity contribution in [2.45, 2.75) is 39.1 Å². The molecule has 0 aromatic carbocycles. The molecule has 1 aromatic heterocycles. The predicted octanol–water partition coefficient (Wildman–Crippen LogP) is 3.06. The van der Waals surface area contributed by atoms with E-state index in [9.17, 15) is 0 Å². The largest absolute Gasteiger partial charge is 0.333 e. The second-order valence-corrected chi connectivity index (χ2v) is 4.93. The number of hydrogen-bond donors (Lipinski definition) is 0. The molecule has 2 nitrogen and oxygen atoms in total. The van der Waals surface area contributed by atoms with Crippen molar-refractivity contribution in [3.05, 3.63) is 18.2 Å². The van der Waals surface area contributed by atoms with Gasteiger partial charge >= 0.3 is 0 Å². The molecule has 14 heavy (non-hydrogen) atoms. The summed E-state index contributed by atoms with van der Waals surface area (Å²) in [4.78, 5) is 4.14. The van der Waals surface area contributed by atoms with Crippen LogP contribution in [0.25, 0.3) is 0 Å². The Kier molecular flexibility index (Phi) is 2.56. The molecule has 1 heterocycles. The highest BCUT2D eigenvalue weighted by Gasteiger charge is 2.45. The van der Waals surface area contributed by atoms with Crippen molar-refractivity contribution in [2.24, 2.45) is 11.3 Å². The van der Waals surface area contributed by atoms with Crippen molar-refractivity contribution in [3.63, 3.8) is 0 Å². The van der Waals surface area contributed by atoms with E-state index in [2.05, 4.69) is 23.4 Å². The van der Waals surface area contributed by atoms with E-state index in [-0.39, 0.29) is 0 Å². The van der Waals surface area contributed by atoms with Gasteiger partial charge in [0.25, 0.3) is 0 Å². The summed E-state index contributed by atoms with van der Waals surface area (Å²) in [7, 11) is 0. The monoisotopic (exact) mass is 212 g/mol. The van der Waals surface area contributed by atoms with E-state index in [0.717, 1.165) is 18.2 Å². The zero-order valence-electron chi connectivity index (χ0n) is 8.83. The van der Waals surface area contributed by atoms with Crippen LogP contribution in [0.3, 0.4) is 0 Å². The van der Waals surface area contributed by atoms with Gasteiger partial charge in [-0.05, 0) is 24.2 Å². The Morgan fingerprint density at radius 2 is 2.29 bits per heavy atom. The van der Waals surface area contributed by atoms with Gasteiger partial charge in [0, 0.05) is 12.7 Å². The Morgan fingerprint density at radius 3 is 2.79 bits per heavy atom. The molecule has 0 aliphatic heterocycles. The van der Waals surface area contributed by atoms with Gasteiger partial charge < -0.3 is 4.57 Å². The molecule has 1 saturated carbocycles. The number of alkyl halides is 1. The molecular weight excluding hydrogens is 196 g/mol. The van der Waals surface area contributed by atoms with Gasteiger partial charge in [-0.15, -0.1) is 11.6 Å². The van der Waals surface area contributed by atoms with Crippen molar-refractivity contribution in [3.8, 4) is 0 Å². The summed E-state index contributed by atoms with van der Waals surface area (Å²) in [5.74, 6) is 1.32. The Morgan fingerprint density at radius 1 is 1.57 bits per heavy atom. The van der Waals surface area contributed by atoms with Gasteiger partial charge in [0.1, 0.15) is 0 Å². The smallest absolute Gasteiger partial charge is 0.0948 e. The average molecular weight is 213 g/mol. The molecule has 0 radical (unpaired) electrons. The van der Waals surface area contributed by atoms with Crippen LogP contribution in [0.4, 0.5) is 0 Å². The minimum absolute atomic E-state index is 0.529. The van der Waals surface area contributed by atoms with Crippen molar-refractivity contribution >= 4 is 11.6 Å². The van der Waals surface area contributed by atoms with E-state index in [1.807, 2.05) is 12.5 Å². The number of halogens is 1. The number of aromatic nitrogens is 2. The number of rotatable bonds is 4. The third-order valence-electron chi connectivity index (χ3n) is 3.54. The van der Waals surface area contributed by atoms with Gasteiger partial charge in [-0.1, -0.05) is 13.8 Å². The molecule has 0 spiro atoms. The lowest BCUT2D eigenvalue weighted by Crippen LogP contribution is -2.18. The molecule has 0 saturated heterocycles. The quantitative estimate of drug-likeness (QED) is 0.702. The van der Waals surface area contributed by atoms with Crippen molar-refractivity contribution in [2.75, 3.05) is 0 Å². The van der Waals surface area contributed by atoms with Crippen molar-refractivity contribution in [1.82, 2.24) is 9.55 Å². The maximum absolute atomic E-state index is 5.84. The zero-order chi connectivity index (χ0) is 10.2. The summed E-state index contributed by atoms with van der Waals surface area (Å²) >= 11 is 5.84. The lowest BCUT2D eigenvalue weighted by atomic mass is 9.92. The first-order chi connectivity index (χ1) is 6.68. The van der Waals surface area contributed by atoms with Crippen LogP contribution in [0, 0.1) is 11.3 Å². The highest BCUT2D eigenvalue weighted by molar-refractivity contribution is 6.16. The Balaban J connectivity index is 2.11. The lowest BCUT2D eigenvalue weighted by molar-refractivity contribution is 0.306. The van der Waals surface area contributed by atoms with E-state index in [1.54, 1.807) is 0 Å². The molecule has 0 amide bonds. The van der Waals surface area contributed by atoms with E-state index in [4.69, 9.17) is 11.6 Å². The van der Waals surface area contributed by atoms with Gasteiger partial charge in [0.05, 0.1) is 17.9 Å². The number of hydrogen-bond acceptors (Lipinski definition) is 1. The first-order valence-corrected chi connectivity index (χ1v) is 5.76. The van der Waals surface area contributed by atoms with Gasteiger partial charge in [-0.3, -0.25) is 0 Å². The van der Waals surface area contributed by atoms with Crippen LogP contribution in [-0.2, 0) is 12.4 Å². The van der Waals surface area contributed by atoms with Crippen LogP contribution in [0.5, 0.6) is 0 Å². The van der Waals surface area contributed by atoms with Crippen LogP contribution in [0.15, 0.2) is 12.5 Å². The van der Waals surface area contributed by atoms with Crippen LogP contribution in [0.1, 0.15) is 32.4 Å². The summed E-state index contributed by atoms with van der Waals surface area (Å²) in [5, 5.41) is 0. The molecule has 1 aliphatic carbocycles. The molecule has 0 N–H and O–H groups in total. The van der Waals surface area contributed by atoms with Crippen molar-refractivity contribution < 1.29 is 0 Å². The molecule has 1 aromatic rings. The van der Waals surface area contributed by atoms with E-state index < -0.39 is 0 Å². The van der Waals surface area contributed by atoms with Crippen LogP contribution in [-0.4, -0.2) is 9.55 Å². The first kappa shape index (κ1) is 10.0. The third-order valence-corrected chi connectivity index (χ3v) is 3.81. The molecule has 0 atom stereocenters. The van der Waals surface area contributed by atoms with E-state index >= 15 is 0 Å². The topological polar surface area (TPSA) is 17.8 Å². The summed E-state index contributed by atoms with van der Waals surface area (Å²) in [6.45, 7) is 5.71. The summed E-state index contributed by atoms with van der Waals surface area (Å²) < 4.78 is 2.21. The normalized spacial score (nSPS) is 18.9. The Labute approximate surface area is 90.3 Å². The highest BCUT2D eigenvalue weighted by Crippen LogP contribution is 2.53. The lowest BCUT2D eigenvalue weighted by Gasteiger charge is -2.21. The van der Waals surface area contributed by atoms with E-state index in [0.29, 0.717) is 11.3 Å². The second kappa shape index (κ2) is 3.58. The molecule has 1 fully saturated rings. The summed E-state index contributed by atoms with van der Waals surface area (Å²) in [5.41, 5.74) is 1.67. The van der Waals surface area contributed by atoms with Crippen LogP contribution in [0.2, 0.25) is 0 Å². The number of imidazole rings is 1. The van der Waals surface area contributed by atoms with Crippen LogP contribution >= 0.6 is 11.6 Å². The van der Waals surface area contributed by atoms with Gasteiger partial charge in [-0.25, -0.2) is 4.98 Å². The van der Waals surface area contributed by atoms with Gasteiger partial charge in [0.2, 0.25) is 0 Å². The minimum atomic E-state index is 0.529. The average Bonchev–Trinajstić information content (AvgIpc) is 2.79. The predicted molar refractivity (Wildman–Crippen MR) is 58.3 cm³/mol. The van der Waals surface area contributed by atoms with Gasteiger partial charge in [0.15, 0.2) is 0 Å². The van der Waals surface area contributed by atoms with Crippen molar-refractivity contribution in [1.29, 1.82) is 0 Å². The number of nitrogens with zero attached hydrogens (tertiary/aromatic N) is 2. The maximum Gasteiger partial charge on any atom is 0.0948 e. The fourth-order valence-corrected chi connectivity index (χ4v) is 2.24. The van der Waals surface area contributed by atoms with Crippen LogP contribution < -0.4 is 0 Å². The first-order valence-electron chi connectivity index (χ1n) is 5.23. The Bertz CT molecular complexity index is 313. The summed E-state index contributed by atoms with van der Waals surface area (Å²) in [6, 6.07) is 0. The molecule has 78 valence electrons.